The lowest BCUT2D eigenvalue weighted by atomic mass is 10.1. The Bertz CT molecular complexity index is 282. The van der Waals surface area contributed by atoms with E-state index in [0.717, 1.165) is 0 Å². The Hall–Kier alpha value is -1.03. The molecule has 0 radical (unpaired) electrons. The van der Waals surface area contributed by atoms with Gasteiger partial charge in [0.1, 0.15) is 6.04 Å². The van der Waals surface area contributed by atoms with Crippen molar-refractivity contribution in [3.05, 3.63) is 35.9 Å². The van der Waals surface area contributed by atoms with Crippen molar-refractivity contribution in [1.82, 2.24) is 5.32 Å². The molecule has 0 aromatic heterocycles. The van der Waals surface area contributed by atoms with Crippen LogP contribution in [0.4, 0.5) is 13.2 Å². The van der Waals surface area contributed by atoms with Gasteiger partial charge in [0.2, 0.25) is 0 Å². The van der Waals surface area contributed by atoms with E-state index >= 15 is 0 Å². The van der Waals surface area contributed by atoms with Crippen LogP contribution in [0.25, 0.3) is 0 Å². The van der Waals surface area contributed by atoms with E-state index in [1.807, 2.05) is 6.92 Å². The van der Waals surface area contributed by atoms with E-state index < -0.39 is 12.2 Å². The van der Waals surface area contributed by atoms with Gasteiger partial charge in [-0.25, -0.2) is 0 Å². The third kappa shape index (κ3) is 3.55. The Morgan fingerprint density at radius 2 is 1.80 bits per heavy atom. The van der Waals surface area contributed by atoms with Gasteiger partial charge in [0.25, 0.3) is 0 Å². The molecule has 15 heavy (non-hydrogen) atoms. The Morgan fingerprint density at radius 3 is 2.27 bits per heavy atom. The van der Waals surface area contributed by atoms with Crippen LogP contribution in [-0.4, -0.2) is 12.7 Å². The molecule has 0 aliphatic rings. The van der Waals surface area contributed by atoms with Crippen LogP contribution in [-0.2, 0) is 0 Å². The van der Waals surface area contributed by atoms with Crippen LogP contribution in [0.1, 0.15) is 24.9 Å². The number of nitrogens with one attached hydrogen (secondary N) is 1. The molecule has 0 heterocycles. The van der Waals surface area contributed by atoms with Gasteiger partial charge in [-0.1, -0.05) is 37.3 Å². The fourth-order valence-corrected chi connectivity index (χ4v) is 1.36. The molecule has 0 amide bonds. The Balaban J connectivity index is 2.82. The average Bonchev–Trinajstić information content (AvgIpc) is 2.18. The number of benzene rings is 1. The second kappa shape index (κ2) is 5.16. The van der Waals surface area contributed by atoms with Crippen molar-refractivity contribution in [3.63, 3.8) is 0 Å². The third-order valence-electron chi connectivity index (χ3n) is 2.06. The van der Waals surface area contributed by atoms with Gasteiger partial charge in [0, 0.05) is 0 Å². The molecule has 0 spiro atoms. The quantitative estimate of drug-likeness (QED) is 0.816. The molecule has 0 fully saturated rings. The maximum Gasteiger partial charge on any atom is 0.407 e. The molecule has 0 saturated carbocycles. The van der Waals surface area contributed by atoms with E-state index in [1.165, 1.54) is 12.1 Å². The summed E-state index contributed by atoms with van der Waals surface area (Å²) in [4.78, 5) is 0. The molecule has 1 aromatic carbocycles. The molecule has 4 heteroatoms. The third-order valence-corrected chi connectivity index (χ3v) is 2.06. The van der Waals surface area contributed by atoms with Crippen molar-refractivity contribution in [1.29, 1.82) is 0 Å². The number of alkyl halides is 3. The molecule has 1 unspecified atom stereocenters. The molecule has 0 aliphatic carbocycles. The molecule has 84 valence electrons. The standard InChI is InChI=1S/C11H14F3N/c1-2-8-15-10(11(12,13)14)9-6-4-3-5-7-9/h3-7,10,15H,2,8H2,1H3. The van der Waals surface area contributed by atoms with Crippen LogP contribution in [0.2, 0.25) is 0 Å². The highest BCUT2D eigenvalue weighted by molar-refractivity contribution is 5.20. The summed E-state index contributed by atoms with van der Waals surface area (Å²) in [7, 11) is 0. The Labute approximate surface area is 87.3 Å². The van der Waals surface area contributed by atoms with E-state index in [0.29, 0.717) is 13.0 Å². The van der Waals surface area contributed by atoms with Crippen LogP contribution >= 0.6 is 0 Å². The van der Waals surface area contributed by atoms with Crippen molar-refractivity contribution >= 4 is 0 Å². The topological polar surface area (TPSA) is 12.0 Å². The first-order chi connectivity index (χ1) is 7.05. The zero-order valence-corrected chi connectivity index (χ0v) is 8.51. The van der Waals surface area contributed by atoms with E-state index in [4.69, 9.17) is 0 Å². The second-order valence-electron chi connectivity index (χ2n) is 3.34. The maximum atomic E-state index is 12.7. The smallest absolute Gasteiger partial charge is 0.302 e. The van der Waals surface area contributed by atoms with Gasteiger partial charge < -0.3 is 5.32 Å². The summed E-state index contributed by atoms with van der Waals surface area (Å²) in [5.41, 5.74) is 0.262. The highest BCUT2D eigenvalue weighted by Crippen LogP contribution is 2.32. The molecule has 0 bridgehead atoms. The summed E-state index contributed by atoms with van der Waals surface area (Å²) in [6, 6.07) is 6.35. The summed E-state index contributed by atoms with van der Waals surface area (Å²) in [6.45, 7) is 2.20. The first-order valence-corrected chi connectivity index (χ1v) is 4.90. The molecule has 1 atom stereocenters. The summed E-state index contributed by atoms with van der Waals surface area (Å²) in [6.07, 6.45) is -3.56. The highest BCUT2D eigenvalue weighted by Gasteiger charge is 2.39. The van der Waals surface area contributed by atoms with E-state index in [2.05, 4.69) is 5.32 Å². The molecule has 1 aromatic rings. The van der Waals surface area contributed by atoms with Gasteiger partial charge in [-0.05, 0) is 18.5 Å². The fraction of sp³-hybridized carbons (Fsp3) is 0.455. The molecule has 1 rings (SSSR count). The van der Waals surface area contributed by atoms with Crippen LogP contribution in [0.5, 0.6) is 0 Å². The van der Waals surface area contributed by atoms with E-state index in [9.17, 15) is 13.2 Å². The highest BCUT2D eigenvalue weighted by atomic mass is 19.4. The fourth-order valence-electron chi connectivity index (χ4n) is 1.36. The number of hydrogen-bond donors (Lipinski definition) is 1. The van der Waals surface area contributed by atoms with Crippen molar-refractivity contribution < 1.29 is 13.2 Å². The van der Waals surface area contributed by atoms with Crippen molar-refractivity contribution in [2.75, 3.05) is 6.54 Å². The van der Waals surface area contributed by atoms with E-state index in [-0.39, 0.29) is 5.56 Å². The van der Waals surface area contributed by atoms with Gasteiger partial charge in [-0.2, -0.15) is 13.2 Å². The minimum Gasteiger partial charge on any atom is -0.302 e. The SMILES string of the molecule is CCCNC(c1ccccc1)C(F)(F)F. The minimum absolute atomic E-state index is 0.262. The summed E-state index contributed by atoms with van der Waals surface area (Å²) in [5.74, 6) is 0. The predicted octanol–water partition coefficient (Wildman–Crippen LogP) is 3.29. The summed E-state index contributed by atoms with van der Waals surface area (Å²) < 4.78 is 38.0. The minimum atomic E-state index is -4.24. The maximum absolute atomic E-state index is 12.7. The largest absolute Gasteiger partial charge is 0.407 e. The van der Waals surface area contributed by atoms with E-state index in [1.54, 1.807) is 18.2 Å². The number of rotatable bonds is 4. The Morgan fingerprint density at radius 1 is 1.20 bits per heavy atom. The zero-order valence-electron chi connectivity index (χ0n) is 8.51. The zero-order chi connectivity index (χ0) is 11.3. The first kappa shape index (κ1) is 12.0. The molecular formula is C11H14F3N. The van der Waals surface area contributed by atoms with Crippen LogP contribution in [0, 0.1) is 0 Å². The molecular weight excluding hydrogens is 203 g/mol. The normalized spacial score (nSPS) is 13.9. The van der Waals surface area contributed by atoms with Gasteiger partial charge in [-0.15, -0.1) is 0 Å². The van der Waals surface area contributed by atoms with Gasteiger partial charge in [0.15, 0.2) is 0 Å². The second-order valence-corrected chi connectivity index (χ2v) is 3.34. The van der Waals surface area contributed by atoms with Crippen LogP contribution in [0.3, 0.4) is 0 Å². The molecule has 0 aliphatic heterocycles. The van der Waals surface area contributed by atoms with Crippen molar-refractivity contribution in [2.24, 2.45) is 0 Å². The first-order valence-electron chi connectivity index (χ1n) is 4.90. The number of halogens is 3. The molecule has 1 N–H and O–H groups in total. The summed E-state index contributed by atoms with van der Waals surface area (Å²) >= 11 is 0. The van der Waals surface area contributed by atoms with Gasteiger partial charge in [-0.3, -0.25) is 0 Å². The van der Waals surface area contributed by atoms with Crippen molar-refractivity contribution in [3.8, 4) is 0 Å². The molecule has 1 nitrogen and oxygen atoms in total. The lowest BCUT2D eigenvalue weighted by molar-refractivity contribution is -0.157. The van der Waals surface area contributed by atoms with Crippen LogP contribution in [0.15, 0.2) is 30.3 Å². The molecule has 0 saturated heterocycles. The monoisotopic (exact) mass is 217 g/mol. The predicted molar refractivity (Wildman–Crippen MR) is 53.5 cm³/mol. The summed E-state index contributed by atoms with van der Waals surface area (Å²) in [5, 5.41) is 2.50. The van der Waals surface area contributed by atoms with Crippen molar-refractivity contribution in [2.45, 2.75) is 25.6 Å². The lowest BCUT2D eigenvalue weighted by Crippen LogP contribution is -2.34. The lowest BCUT2D eigenvalue weighted by Gasteiger charge is -2.21. The van der Waals surface area contributed by atoms with Crippen LogP contribution < -0.4 is 5.32 Å². The van der Waals surface area contributed by atoms with Gasteiger partial charge in [0.05, 0.1) is 0 Å². The average molecular weight is 217 g/mol. The Kier molecular flexibility index (Phi) is 4.15. The van der Waals surface area contributed by atoms with Gasteiger partial charge >= 0.3 is 6.18 Å². The number of hydrogen-bond acceptors (Lipinski definition) is 1.